The molecule has 2 aliphatic heterocycles. The van der Waals surface area contributed by atoms with Crippen molar-refractivity contribution in [2.45, 2.75) is 43.8 Å². The third kappa shape index (κ3) is 5.61. The quantitative estimate of drug-likeness (QED) is 0.720. The number of aromatic nitrogens is 3. The number of rotatable bonds is 4. The van der Waals surface area contributed by atoms with E-state index in [9.17, 15) is 18.0 Å². The van der Waals surface area contributed by atoms with E-state index in [2.05, 4.69) is 20.4 Å². The summed E-state index contributed by atoms with van der Waals surface area (Å²) in [5, 5.41) is 13.7. The summed E-state index contributed by atoms with van der Waals surface area (Å²) in [7, 11) is 2.00. The van der Waals surface area contributed by atoms with Crippen molar-refractivity contribution in [2.24, 2.45) is 7.05 Å². The summed E-state index contributed by atoms with van der Waals surface area (Å²) in [6.45, 7) is 2.23. The molecule has 1 amide bonds. The van der Waals surface area contributed by atoms with Crippen LogP contribution in [-0.2, 0) is 23.1 Å². The van der Waals surface area contributed by atoms with Crippen LogP contribution < -0.4 is 5.32 Å². The van der Waals surface area contributed by atoms with Gasteiger partial charge in [-0.1, -0.05) is 5.16 Å². The van der Waals surface area contributed by atoms with Gasteiger partial charge in [0.05, 0.1) is 24.9 Å². The lowest BCUT2D eigenvalue weighted by Gasteiger charge is -2.32. The van der Waals surface area contributed by atoms with Gasteiger partial charge in [-0.3, -0.25) is 9.69 Å². The number of likely N-dealkylation sites (tertiary alicyclic amines) is 1. The predicted molar refractivity (Wildman–Crippen MR) is 97.8 cm³/mol. The molecule has 2 fully saturated rings. The van der Waals surface area contributed by atoms with Gasteiger partial charge in [-0.05, 0) is 12.8 Å². The second-order valence-corrected chi connectivity index (χ2v) is 7.19. The zero-order valence-electron chi connectivity index (χ0n) is 16.6. The number of aliphatic carboxylic acids is 1. The largest absolute Gasteiger partial charge is 0.490 e. The molecule has 0 radical (unpaired) electrons. The van der Waals surface area contributed by atoms with Gasteiger partial charge in [-0.25, -0.2) is 9.78 Å². The van der Waals surface area contributed by atoms with Crippen molar-refractivity contribution in [1.82, 2.24) is 24.9 Å². The Morgan fingerprint density at radius 1 is 1.35 bits per heavy atom. The number of carboxylic acid groups (broad SMARTS) is 1. The van der Waals surface area contributed by atoms with E-state index < -0.39 is 12.1 Å². The molecule has 0 aliphatic carbocycles. The number of hydrogen-bond donors (Lipinski definition) is 2. The molecule has 13 heteroatoms. The minimum Gasteiger partial charge on any atom is -0.475 e. The Labute approximate surface area is 175 Å². The first-order valence-electron chi connectivity index (χ1n) is 9.50. The molecule has 2 saturated heterocycles. The Bertz CT molecular complexity index is 886. The summed E-state index contributed by atoms with van der Waals surface area (Å²) < 4.78 is 44.7. The Hall–Kier alpha value is -2.93. The lowest BCUT2D eigenvalue weighted by Crippen LogP contribution is -2.47. The Morgan fingerprint density at radius 3 is 2.68 bits per heavy atom. The molecule has 2 aliphatic rings. The highest BCUT2D eigenvalue weighted by Crippen LogP contribution is 2.30. The maximum Gasteiger partial charge on any atom is 0.490 e. The molecule has 31 heavy (non-hydrogen) atoms. The van der Waals surface area contributed by atoms with Crippen LogP contribution in [0.2, 0.25) is 0 Å². The molecule has 170 valence electrons. The molecule has 2 aromatic heterocycles. The van der Waals surface area contributed by atoms with Crippen molar-refractivity contribution in [2.75, 3.05) is 13.2 Å². The highest BCUT2D eigenvalue weighted by Gasteiger charge is 2.45. The van der Waals surface area contributed by atoms with E-state index >= 15 is 0 Å². The number of carbonyl (C=O) groups is 2. The minimum absolute atomic E-state index is 0.00545. The number of carbonyl (C=O) groups excluding carboxylic acids is 1. The number of ether oxygens (including phenoxy) is 1. The van der Waals surface area contributed by atoms with Crippen LogP contribution in [0.15, 0.2) is 29.2 Å². The van der Waals surface area contributed by atoms with Gasteiger partial charge in [0.1, 0.15) is 5.82 Å². The number of carboxylic acids is 1. The van der Waals surface area contributed by atoms with Gasteiger partial charge < -0.3 is 24.3 Å². The second-order valence-electron chi connectivity index (χ2n) is 7.19. The fourth-order valence-electron chi connectivity index (χ4n) is 3.67. The van der Waals surface area contributed by atoms with Gasteiger partial charge in [-0.2, -0.15) is 13.2 Å². The zero-order chi connectivity index (χ0) is 22.6. The third-order valence-electron chi connectivity index (χ3n) is 5.12. The minimum atomic E-state index is -5.08. The van der Waals surface area contributed by atoms with Crippen LogP contribution in [0.5, 0.6) is 0 Å². The zero-order valence-corrected chi connectivity index (χ0v) is 16.6. The van der Waals surface area contributed by atoms with Crippen LogP contribution in [0, 0.1) is 0 Å². The summed E-state index contributed by atoms with van der Waals surface area (Å²) in [4.78, 5) is 27.9. The van der Waals surface area contributed by atoms with Crippen LogP contribution in [0.25, 0.3) is 0 Å². The number of hydrogen-bond acceptors (Lipinski definition) is 7. The van der Waals surface area contributed by atoms with Crippen molar-refractivity contribution < 1.29 is 37.1 Å². The Morgan fingerprint density at radius 2 is 2.10 bits per heavy atom. The van der Waals surface area contributed by atoms with Gasteiger partial charge >= 0.3 is 12.1 Å². The number of nitrogens with one attached hydrogen (secondary N) is 1. The number of nitrogens with zero attached hydrogens (tertiary/aromatic N) is 4. The van der Waals surface area contributed by atoms with Crippen LogP contribution in [0.4, 0.5) is 13.2 Å². The molecule has 0 aromatic carbocycles. The van der Waals surface area contributed by atoms with E-state index in [0.717, 1.165) is 38.4 Å². The molecule has 0 saturated carbocycles. The summed E-state index contributed by atoms with van der Waals surface area (Å²) >= 11 is 0. The van der Waals surface area contributed by atoms with Gasteiger partial charge in [0.2, 0.25) is 5.76 Å². The number of amides is 1. The highest BCUT2D eigenvalue weighted by molar-refractivity contribution is 5.91. The van der Waals surface area contributed by atoms with Gasteiger partial charge in [0, 0.05) is 44.7 Å². The summed E-state index contributed by atoms with van der Waals surface area (Å²) in [6.07, 6.45) is 2.26. The van der Waals surface area contributed by atoms with Gasteiger partial charge in [0.25, 0.3) is 5.91 Å². The van der Waals surface area contributed by atoms with E-state index in [0.29, 0.717) is 6.04 Å². The molecule has 2 N–H and O–H groups in total. The first-order valence-corrected chi connectivity index (χ1v) is 9.50. The number of halogens is 3. The maximum absolute atomic E-state index is 12.3. The van der Waals surface area contributed by atoms with Crippen LogP contribution >= 0.6 is 0 Å². The molecule has 0 unspecified atom stereocenters. The monoisotopic (exact) mass is 445 g/mol. The highest BCUT2D eigenvalue weighted by atomic mass is 19.4. The lowest BCUT2D eigenvalue weighted by atomic mass is 10.0. The first-order chi connectivity index (χ1) is 14.7. The summed E-state index contributed by atoms with van der Waals surface area (Å²) in [5.41, 5.74) is 0. The van der Waals surface area contributed by atoms with Gasteiger partial charge in [-0.15, -0.1) is 0 Å². The molecule has 0 spiro atoms. The van der Waals surface area contributed by atoms with E-state index in [4.69, 9.17) is 19.2 Å². The van der Waals surface area contributed by atoms with Crippen molar-refractivity contribution in [3.8, 4) is 0 Å². The van der Waals surface area contributed by atoms with Crippen molar-refractivity contribution in [1.29, 1.82) is 0 Å². The topological polar surface area (TPSA) is 123 Å². The molecule has 4 rings (SSSR count). The fourth-order valence-corrected chi connectivity index (χ4v) is 3.67. The van der Waals surface area contributed by atoms with Crippen LogP contribution in [-0.4, -0.2) is 74.1 Å². The first kappa shape index (κ1) is 22.7. The lowest BCUT2D eigenvalue weighted by molar-refractivity contribution is -0.192. The van der Waals surface area contributed by atoms with Crippen LogP contribution in [0.1, 0.15) is 29.2 Å². The molecular formula is C18H22F3N5O5. The number of fused-ring (bicyclic) bond motifs is 1. The Kier molecular flexibility index (Phi) is 6.95. The van der Waals surface area contributed by atoms with Crippen molar-refractivity contribution >= 4 is 11.9 Å². The molecule has 10 nitrogen and oxygen atoms in total. The van der Waals surface area contributed by atoms with Gasteiger partial charge in [0.15, 0.2) is 0 Å². The van der Waals surface area contributed by atoms with E-state index in [1.54, 1.807) is 6.07 Å². The third-order valence-corrected chi connectivity index (χ3v) is 5.12. The summed E-state index contributed by atoms with van der Waals surface area (Å²) in [5.74, 6) is -1.76. The fraction of sp³-hybridized carbons (Fsp3) is 0.556. The molecular weight excluding hydrogens is 423 g/mol. The van der Waals surface area contributed by atoms with E-state index in [1.807, 2.05) is 24.0 Å². The average Bonchev–Trinajstić information content (AvgIpc) is 3.45. The number of aryl methyl sites for hydroxylation is 1. The molecule has 0 bridgehead atoms. The second kappa shape index (κ2) is 9.47. The smallest absolute Gasteiger partial charge is 0.475 e. The molecule has 2 aromatic rings. The number of imidazole rings is 1. The van der Waals surface area contributed by atoms with E-state index in [-0.39, 0.29) is 23.8 Å². The van der Waals surface area contributed by atoms with Crippen molar-refractivity contribution in [3.05, 3.63) is 36.2 Å². The predicted octanol–water partition coefficient (Wildman–Crippen LogP) is 1.20. The van der Waals surface area contributed by atoms with Crippen molar-refractivity contribution in [3.63, 3.8) is 0 Å². The number of alkyl halides is 3. The SMILES string of the molecule is Cn1ccnc1CN1C[C@@H](NC(=O)c2ccno2)[C@@H]2OCCC[C@@H]21.O=C(O)C(F)(F)F. The maximum atomic E-state index is 12.3. The Balaban J connectivity index is 0.000000339. The summed E-state index contributed by atoms with van der Waals surface area (Å²) in [6, 6.07) is 1.80. The normalized spacial score (nSPS) is 23.5. The molecule has 4 heterocycles. The standard InChI is InChI=1S/C16H21N5O3.C2HF3O2/c1-20-7-6-17-14(20)10-21-9-11(15-12(21)3-2-8-23-15)19-16(22)13-4-5-18-24-13;3-2(4,5)1(6)7/h4-7,11-12,15H,2-3,8-10H2,1H3,(H,19,22);(H,6,7)/t11-,12+,15+;/m1./s1. The average molecular weight is 445 g/mol. The van der Waals surface area contributed by atoms with E-state index in [1.165, 1.54) is 6.20 Å². The molecule has 3 atom stereocenters. The van der Waals surface area contributed by atoms with Crippen LogP contribution in [0.3, 0.4) is 0 Å².